The van der Waals surface area contributed by atoms with Gasteiger partial charge in [-0.05, 0) is 17.0 Å². The molecule has 0 aliphatic carbocycles. The Hall–Kier alpha value is -1.58. The van der Waals surface area contributed by atoms with Gasteiger partial charge in [0, 0.05) is 18.8 Å². The lowest BCUT2D eigenvalue weighted by molar-refractivity contribution is -0.124. The normalized spacial score (nSPS) is 14.1. The summed E-state index contributed by atoms with van der Waals surface area (Å²) in [6, 6.07) is 8.33. The van der Waals surface area contributed by atoms with Crippen LogP contribution in [0.2, 0.25) is 0 Å². The molecular formula is C17H20N4O2S3. The number of imide groups is 1. The van der Waals surface area contributed by atoms with E-state index in [2.05, 4.69) is 53.6 Å². The fourth-order valence-corrected chi connectivity index (χ4v) is 5.22. The Balaban J connectivity index is 1.47. The summed E-state index contributed by atoms with van der Waals surface area (Å²) in [5.74, 6) is 1.38. The minimum absolute atomic E-state index is 0.195. The highest BCUT2D eigenvalue weighted by atomic mass is 32.2. The van der Waals surface area contributed by atoms with E-state index in [4.69, 9.17) is 0 Å². The lowest BCUT2D eigenvalue weighted by Gasteiger charge is -2.10. The van der Waals surface area contributed by atoms with E-state index >= 15 is 0 Å². The Morgan fingerprint density at radius 1 is 1.23 bits per heavy atom. The fourth-order valence-electron chi connectivity index (χ4n) is 2.37. The van der Waals surface area contributed by atoms with Crippen LogP contribution in [0.15, 0.2) is 32.9 Å². The summed E-state index contributed by atoms with van der Waals surface area (Å²) in [6.07, 6.45) is 0. The highest BCUT2D eigenvalue weighted by Crippen LogP contribution is 2.31. The number of aromatic nitrogens is 2. The summed E-state index contributed by atoms with van der Waals surface area (Å²) in [6.45, 7) is 5.33. The Morgan fingerprint density at radius 3 is 2.54 bits per heavy atom. The largest absolute Gasteiger partial charge is 0.336 e. The van der Waals surface area contributed by atoms with Gasteiger partial charge in [-0.3, -0.25) is 9.69 Å². The van der Waals surface area contributed by atoms with Gasteiger partial charge < -0.3 is 5.32 Å². The second-order valence-corrected chi connectivity index (χ2v) is 9.51. The predicted octanol–water partition coefficient (Wildman–Crippen LogP) is 3.60. The standard InChI is InChI=1S/C17H20N4O2S3/c1-11(2)13-5-3-12(4-6-13)9-24-16-19-20-17(26-16)25-10-14(22)21-8-7-18-15(21)23/h3-6,11H,7-10H2,1-2H3,(H,18,23). The molecule has 0 spiro atoms. The van der Waals surface area contributed by atoms with Gasteiger partial charge in [-0.2, -0.15) is 0 Å². The SMILES string of the molecule is CC(C)c1ccc(CSc2nnc(SCC(=O)N3CCNC3=O)s2)cc1. The average molecular weight is 409 g/mol. The van der Waals surface area contributed by atoms with Crippen LogP contribution in [0.25, 0.3) is 0 Å². The lowest BCUT2D eigenvalue weighted by Crippen LogP contribution is -2.35. The monoisotopic (exact) mass is 408 g/mol. The number of amides is 3. The van der Waals surface area contributed by atoms with E-state index in [9.17, 15) is 9.59 Å². The van der Waals surface area contributed by atoms with Gasteiger partial charge in [0.25, 0.3) is 0 Å². The number of rotatable bonds is 7. The molecule has 1 aromatic carbocycles. The Labute approximate surface area is 165 Å². The van der Waals surface area contributed by atoms with Crippen molar-refractivity contribution >= 4 is 46.8 Å². The molecule has 1 N–H and O–H groups in total. The van der Waals surface area contributed by atoms with Crippen molar-refractivity contribution in [2.24, 2.45) is 0 Å². The summed E-state index contributed by atoms with van der Waals surface area (Å²) < 4.78 is 1.63. The van der Waals surface area contributed by atoms with Crippen LogP contribution in [0.4, 0.5) is 4.79 Å². The molecule has 0 saturated carbocycles. The van der Waals surface area contributed by atoms with Crippen molar-refractivity contribution in [3.63, 3.8) is 0 Å². The van der Waals surface area contributed by atoms with Crippen LogP contribution in [0.5, 0.6) is 0 Å². The molecule has 9 heteroatoms. The number of benzene rings is 1. The molecule has 3 rings (SSSR count). The predicted molar refractivity (Wildman–Crippen MR) is 106 cm³/mol. The van der Waals surface area contributed by atoms with Crippen molar-refractivity contribution in [3.8, 4) is 0 Å². The van der Waals surface area contributed by atoms with Crippen LogP contribution in [0.1, 0.15) is 30.9 Å². The number of urea groups is 1. The minimum atomic E-state index is -0.312. The first-order chi connectivity index (χ1) is 12.5. The summed E-state index contributed by atoms with van der Waals surface area (Å²) in [5, 5.41) is 10.9. The molecule has 3 amide bonds. The van der Waals surface area contributed by atoms with Crippen LogP contribution < -0.4 is 5.32 Å². The van der Waals surface area contributed by atoms with Crippen molar-refractivity contribution in [2.45, 2.75) is 34.2 Å². The smallest absolute Gasteiger partial charge is 0.324 e. The highest BCUT2D eigenvalue weighted by Gasteiger charge is 2.26. The zero-order valence-corrected chi connectivity index (χ0v) is 17.0. The van der Waals surface area contributed by atoms with E-state index in [-0.39, 0.29) is 17.7 Å². The number of carbonyl (C=O) groups excluding carboxylic acids is 2. The van der Waals surface area contributed by atoms with E-state index in [1.165, 1.54) is 39.1 Å². The molecule has 26 heavy (non-hydrogen) atoms. The summed E-state index contributed by atoms with van der Waals surface area (Å²) in [7, 11) is 0. The lowest BCUT2D eigenvalue weighted by atomic mass is 10.0. The molecule has 6 nitrogen and oxygen atoms in total. The third-order valence-corrected chi connectivity index (χ3v) is 7.12. The molecule has 1 saturated heterocycles. The van der Waals surface area contributed by atoms with Gasteiger partial charge in [-0.1, -0.05) is 73.0 Å². The van der Waals surface area contributed by atoms with Crippen LogP contribution >= 0.6 is 34.9 Å². The van der Waals surface area contributed by atoms with Gasteiger partial charge in [0.1, 0.15) is 0 Å². The molecule has 0 unspecified atom stereocenters. The van der Waals surface area contributed by atoms with E-state index in [0.717, 1.165) is 14.4 Å². The molecule has 1 fully saturated rings. The van der Waals surface area contributed by atoms with E-state index in [0.29, 0.717) is 19.0 Å². The quantitative estimate of drug-likeness (QED) is 0.706. The Kier molecular flexibility index (Phi) is 6.55. The number of carbonyl (C=O) groups is 2. The summed E-state index contributed by atoms with van der Waals surface area (Å²) >= 11 is 4.44. The van der Waals surface area contributed by atoms with Crippen molar-refractivity contribution in [1.29, 1.82) is 0 Å². The van der Waals surface area contributed by atoms with Gasteiger partial charge in [0.05, 0.1) is 5.75 Å². The highest BCUT2D eigenvalue weighted by molar-refractivity contribution is 8.03. The van der Waals surface area contributed by atoms with Gasteiger partial charge >= 0.3 is 6.03 Å². The maximum absolute atomic E-state index is 12.0. The van der Waals surface area contributed by atoms with Crippen molar-refractivity contribution in [2.75, 3.05) is 18.8 Å². The minimum Gasteiger partial charge on any atom is -0.336 e. The second-order valence-electron chi connectivity index (χ2n) is 6.08. The molecular weight excluding hydrogens is 388 g/mol. The molecule has 0 atom stereocenters. The van der Waals surface area contributed by atoms with E-state index < -0.39 is 0 Å². The fraction of sp³-hybridized carbons (Fsp3) is 0.412. The van der Waals surface area contributed by atoms with Gasteiger partial charge in [-0.15, -0.1) is 10.2 Å². The number of hydrogen-bond donors (Lipinski definition) is 1. The number of nitrogens with zero attached hydrogens (tertiary/aromatic N) is 3. The van der Waals surface area contributed by atoms with Gasteiger partial charge in [0.2, 0.25) is 5.91 Å². The van der Waals surface area contributed by atoms with Crippen LogP contribution in [0.3, 0.4) is 0 Å². The van der Waals surface area contributed by atoms with E-state index in [1.54, 1.807) is 11.8 Å². The maximum atomic E-state index is 12.0. The average Bonchev–Trinajstić information content (AvgIpc) is 3.27. The molecule has 2 heterocycles. The Morgan fingerprint density at radius 2 is 1.92 bits per heavy atom. The first-order valence-electron chi connectivity index (χ1n) is 8.29. The molecule has 1 aliphatic heterocycles. The van der Waals surface area contributed by atoms with Crippen molar-refractivity contribution < 1.29 is 9.59 Å². The topological polar surface area (TPSA) is 75.2 Å². The summed E-state index contributed by atoms with van der Waals surface area (Å²) in [5.41, 5.74) is 2.59. The first-order valence-corrected chi connectivity index (χ1v) is 11.1. The molecule has 138 valence electrons. The number of thioether (sulfide) groups is 2. The van der Waals surface area contributed by atoms with Crippen molar-refractivity contribution in [1.82, 2.24) is 20.4 Å². The first kappa shape index (κ1) is 19.2. The zero-order chi connectivity index (χ0) is 18.5. The van der Waals surface area contributed by atoms with Crippen LogP contribution in [0, 0.1) is 0 Å². The third-order valence-electron chi connectivity index (χ3n) is 3.87. The van der Waals surface area contributed by atoms with Gasteiger partial charge in [0.15, 0.2) is 8.68 Å². The molecule has 2 aromatic rings. The van der Waals surface area contributed by atoms with Crippen LogP contribution in [-0.4, -0.2) is 45.9 Å². The molecule has 1 aliphatic rings. The Bertz CT molecular complexity index is 777. The van der Waals surface area contributed by atoms with E-state index in [1.807, 2.05) is 0 Å². The van der Waals surface area contributed by atoms with Crippen molar-refractivity contribution in [3.05, 3.63) is 35.4 Å². The van der Waals surface area contributed by atoms with Gasteiger partial charge in [-0.25, -0.2) is 4.79 Å². The maximum Gasteiger partial charge on any atom is 0.324 e. The number of hydrogen-bond acceptors (Lipinski definition) is 7. The molecule has 0 radical (unpaired) electrons. The number of nitrogens with one attached hydrogen (secondary N) is 1. The van der Waals surface area contributed by atoms with Crippen LogP contribution in [-0.2, 0) is 10.5 Å². The zero-order valence-electron chi connectivity index (χ0n) is 14.6. The molecule has 0 bridgehead atoms. The second kappa shape index (κ2) is 8.88. The summed E-state index contributed by atoms with van der Waals surface area (Å²) in [4.78, 5) is 24.7. The molecule has 1 aromatic heterocycles. The third kappa shape index (κ3) is 4.99.